The largest absolute Gasteiger partial charge is 0.344 e. The van der Waals surface area contributed by atoms with Crippen molar-refractivity contribution in [2.24, 2.45) is 0 Å². The van der Waals surface area contributed by atoms with Crippen molar-refractivity contribution in [2.75, 3.05) is 5.32 Å². The van der Waals surface area contributed by atoms with Crippen LogP contribution in [0.5, 0.6) is 0 Å². The lowest BCUT2D eigenvalue weighted by molar-refractivity contribution is -0.126. The first kappa shape index (κ1) is 23.7. The molecule has 0 saturated carbocycles. The van der Waals surface area contributed by atoms with E-state index < -0.39 is 6.04 Å². The van der Waals surface area contributed by atoms with Gasteiger partial charge in [0.15, 0.2) is 0 Å². The van der Waals surface area contributed by atoms with Gasteiger partial charge in [0, 0.05) is 18.5 Å². The van der Waals surface area contributed by atoms with Crippen LogP contribution < -0.4 is 10.6 Å². The Morgan fingerprint density at radius 2 is 1.47 bits per heavy atom. The van der Waals surface area contributed by atoms with Gasteiger partial charge in [-0.2, -0.15) is 0 Å². The SMILES string of the molecule is CCCCCCCCC(=O)NC(Cc1ccccc1)C(=O)Nc1ccc(CC)cc1. The lowest BCUT2D eigenvalue weighted by Crippen LogP contribution is -2.45. The average molecular weight is 409 g/mol. The van der Waals surface area contributed by atoms with Crippen LogP contribution in [0.15, 0.2) is 54.6 Å². The van der Waals surface area contributed by atoms with Crippen molar-refractivity contribution in [3.63, 3.8) is 0 Å². The highest BCUT2D eigenvalue weighted by Crippen LogP contribution is 2.12. The van der Waals surface area contributed by atoms with Crippen LogP contribution in [0.25, 0.3) is 0 Å². The number of carbonyl (C=O) groups excluding carboxylic acids is 2. The fraction of sp³-hybridized carbons (Fsp3) is 0.462. The molecule has 2 amide bonds. The van der Waals surface area contributed by atoms with Crippen molar-refractivity contribution in [1.29, 1.82) is 0 Å². The smallest absolute Gasteiger partial charge is 0.247 e. The van der Waals surface area contributed by atoms with Crippen molar-refractivity contribution in [1.82, 2.24) is 5.32 Å². The Morgan fingerprint density at radius 3 is 2.13 bits per heavy atom. The molecule has 2 rings (SSSR count). The third kappa shape index (κ3) is 8.81. The van der Waals surface area contributed by atoms with Gasteiger partial charge in [-0.25, -0.2) is 0 Å². The van der Waals surface area contributed by atoms with Gasteiger partial charge >= 0.3 is 0 Å². The molecule has 162 valence electrons. The van der Waals surface area contributed by atoms with Crippen molar-refractivity contribution in [2.45, 2.75) is 77.7 Å². The van der Waals surface area contributed by atoms with Crippen LogP contribution in [0.4, 0.5) is 5.69 Å². The predicted octanol–water partition coefficient (Wildman–Crippen LogP) is 5.67. The van der Waals surface area contributed by atoms with Crippen LogP contribution >= 0.6 is 0 Å². The monoisotopic (exact) mass is 408 g/mol. The summed E-state index contributed by atoms with van der Waals surface area (Å²) in [5, 5.41) is 5.91. The molecule has 30 heavy (non-hydrogen) atoms. The van der Waals surface area contributed by atoms with Crippen LogP contribution in [-0.4, -0.2) is 17.9 Å². The summed E-state index contributed by atoms with van der Waals surface area (Å²) in [6.45, 7) is 4.30. The van der Waals surface area contributed by atoms with Crippen molar-refractivity contribution in [3.05, 3.63) is 65.7 Å². The van der Waals surface area contributed by atoms with E-state index in [1.807, 2.05) is 54.6 Å². The lowest BCUT2D eigenvalue weighted by atomic mass is 10.0. The first-order chi connectivity index (χ1) is 14.6. The van der Waals surface area contributed by atoms with E-state index in [0.717, 1.165) is 30.5 Å². The van der Waals surface area contributed by atoms with E-state index in [4.69, 9.17) is 0 Å². The number of nitrogens with one attached hydrogen (secondary N) is 2. The number of anilines is 1. The lowest BCUT2D eigenvalue weighted by Gasteiger charge is -2.19. The quantitative estimate of drug-likeness (QED) is 0.420. The Balaban J connectivity index is 1.93. The van der Waals surface area contributed by atoms with Gasteiger partial charge in [0.1, 0.15) is 6.04 Å². The average Bonchev–Trinajstić information content (AvgIpc) is 2.77. The van der Waals surface area contributed by atoms with Gasteiger partial charge in [-0.3, -0.25) is 9.59 Å². The van der Waals surface area contributed by atoms with Crippen LogP contribution in [0, 0.1) is 0 Å². The van der Waals surface area contributed by atoms with Crippen molar-refractivity contribution in [3.8, 4) is 0 Å². The third-order valence-corrected chi connectivity index (χ3v) is 5.32. The summed E-state index contributed by atoms with van der Waals surface area (Å²) in [5.41, 5.74) is 3.00. The Kier molecular flexibility index (Phi) is 10.7. The van der Waals surface area contributed by atoms with Gasteiger partial charge < -0.3 is 10.6 Å². The molecule has 0 aliphatic carbocycles. The summed E-state index contributed by atoms with van der Waals surface area (Å²) < 4.78 is 0. The molecule has 4 nitrogen and oxygen atoms in total. The highest BCUT2D eigenvalue weighted by Gasteiger charge is 2.21. The number of amides is 2. The third-order valence-electron chi connectivity index (χ3n) is 5.32. The van der Waals surface area contributed by atoms with Crippen molar-refractivity contribution >= 4 is 17.5 Å². The van der Waals surface area contributed by atoms with E-state index in [9.17, 15) is 9.59 Å². The van der Waals surface area contributed by atoms with Gasteiger partial charge in [-0.15, -0.1) is 0 Å². The molecular formula is C26H36N2O2. The van der Waals surface area contributed by atoms with E-state index in [0.29, 0.717) is 12.8 Å². The minimum Gasteiger partial charge on any atom is -0.344 e. The van der Waals surface area contributed by atoms with E-state index in [1.54, 1.807) is 0 Å². The zero-order chi connectivity index (χ0) is 21.6. The Bertz CT molecular complexity index is 756. The summed E-state index contributed by atoms with van der Waals surface area (Å²) >= 11 is 0. The second-order valence-electron chi connectivity index (χ2n) is 7.87. The second-order valence-corrected chi connectivity index (χ2v) is 7.87. The van der Waals surface area contributed by atoms with E-state index >= 15 is 0 Å². The summed E-state index contributed by atoms with van der Waals surface area (Å²) in [5.74, 6) is -0.234. The van der Waals surface area contributed by atoms with Gasteiger partial charge in [0.2, 0.25) is 11.8 Å². The molecule has 0 heterocycles. The maximum Gasteiger partial charge on any atom is 0.247 e. The topological polar surface area (TPSA) is 58.2 Å². The molecule has 0 aliphatic rings. The molecule has 0 bridgehead atoms. The zero-order valence-corrected chi connectivity index (χ0v) is 18.5. The number of aryl methyl sites for hydroxylation is 1. The summed E-state index contributed by atoms with van der Waals surface area (Å²) in [7, 11) is 0. The maximum absolute atomic E-state index is 12.9. The Labute approximate surface area is 181 Å². The normalized spacial score (nSPS) is 11.7. The van der Waals surface area contributed by atoms with E-state index in [-0.39, 0.29) is 11.8 Å². The molecule has 0 aromatic heterocycles. The fourth-order valence-corrected chi connectivity index (χ4v) is 3.44. The molecule has 1 atom stereocenters. The molecule has 2 aromatic rings. The summed E-state index contributed by atoms with van der Waals surface area (Å²) in [4.78, 5) is 25.4. The molecule has 0 saturated heterocycles. The summed E-state index contributed by atoms with van der Waals surface area (Å²) in [6, 6.07) is 17.1. The summed E-state index contributed by atoms with van der Waals surface area (Å²) in [6.07, 6.45) is 8.71. The highest BCUT2D eigenvalue weighted by molar-refractivity contribution is 5.97. The number of benzene rings is 2. The number of unbranched alkanes of at least 4 members (excludes halogenated alkanes) is 5. The standard InChI is InChI=1S/C26H36N2O2/c1-3-5-6-7-8-12-15-25(29)28-24(20-22-13-10-9-11-14-22)26(30)27-23-18-16-21(4-2)17-19-23/h9-11,13-14,16-19,24H,3-8,12,15,20H2,1-2H3,(H,27,30)(H,28,29). The number of hydrogen-bond donors (Lipinski definition) is 2. The van der Waals surface area contributed by atoms with Crippen LogP contribution in [-0.2, 0) is 22.4 Å². The highest BCUT2D eigenvalue weighted by atomic mass is 16.2. The first-order valence-corrected chi connectivity index (χ1v) is 11.4. The molecule has 0 aliphatic heterocycles. The molecule has 0 spiro atoms. The Morgan fingerprint density at radius 1 is 0.800 bits per heavy atom. The van der Waals surface area contributed by atoms with Crippen molar-refractivity contribution < 1.29 is 9.59 Å². The molecule has 0 radical (unpaired) electrons. The fourth-order valence-electron chi connectivity index (χ4n) is 3.44. The molecule has 4 heteroatoms. The van der Waals surface area contributed by atoms with Crippen LogP contribution in [0.3, 0.4) is 0 Å². The van der Waals surface area contributed by atoms with E-state index in [1.165, 1.54) is 31.2 Å². The first-order valence-electron chi connectivity index (χ1n) is 11.4. The molecular weight excluding hydrogens is 372 g/mol. The van der Waals surface area contributed by atoms with Crippen LogP contribution in [0.1, 0.15) is 69.9 Å². The second kappa shape index (κ2) is 13.6. The molecule has 2 N–H and O–H groups in total. The zero-order valence-electron chi connectivity index (χ0n) is 18.5. The maximum atomic E-state index is 12.9. The number of carbonyl (C=O) groups is 2. The predicted molar refractivity (Wildman–Crippen MR) is 125 cm³/mol. The Hall–Kier alpha value is -2.62. The minimum absolute atomic E-state index is 0.0529. The van der Waals surface area contributed by atoms with Gasteiger partial charge in [-0.1, -0.05) is 88.4 Å². The number of hydrogen-bond acceptors (Lipinski definition) is 2. The van der Waals surface area contributed by atoms with Gasteiger partial charge in [0.05, 0.1) is 0 Å². The van der Waals surface area contributed by atoms with E-state index in [2.05, 4.69) is 24.5 Å². The van der Waals surface area contributed by atoms with Crippen LogP contribution in [0.2, 0.25) is 0 Å². The minimum atomic E-state index is -0.592. The molecule has 2 aromatic carbocycles. The van der Waals surface area contributed by atoms with Gasteiger partial charge in [0.25, 0.3) is 0 Å². The molecule has 1 unspecified atom stereocenters. The van der Waals surface area contributed by atoms with Gasteiger partial charge in [-0.05, 0) is 36.1 Å². The molecule has 0 fully saturated rings. The number of rotatable bonds is 13.